The van der Waals surface area contributed by atoms with E-state index in [0.717, 1.165) is 50.4 Å². The van der Waals surface area contributed by atoms with Crippen molar-refractivity contribution in [3.8, 4) is 17.1 Å². The standard InChI is InChI=1S/C31H32FN3O4/c1-21-28(36)24-10-6-11-25(30(24)39-29(21)22-8-4-3-5-9-22)31(37)33-14-7-15-34-16-18-35(19-17-34)26-20-23(32)12-13-27(26)38-2/h3-6,8-13,20H,7,14-19H2,1-2H3,(H,33,37). The molecule has 1 aromatic heterocycles. The van der Waals surface area contributed by atoms with E-state index in [1.165, 1.54) is 12.1 Å². The quantitative estimate of drug-likeness (QED) is 0.329. The highest BCUT2D eigenvalue weighted by atomic mass is 19.1. The summed E-state index contributed by atoms with van der Waals surface area (Å²) >= 11 is 0. The van der Waals surface area contributed by atoms with Crippen LogP contribution in [0.2, 0.25) is 0 Å². The molecule has 1 aliphatic heterocycles. The first-order valence-electron chi connectivity index (χ1n) is 13.2. The minimum atomic E-state index is -0.277. The maximum Gasteiger partial charge on any atom is 0.255 e. The molecule has 0 spiro atoms. The fourth-order valence-corrected chi connectivity index (χ4v) is 5.08. The van der Waals surface area contributed by atoms with Gasteiger partial charge < -0.3 is 19.4 Å². The Morgan fingerprint density at radius 1 is 1.03 bits per heavy atom. The molecule has 1 amide bonds. The van der Waals surface area contributed by atoms with Gasteiger partial charge in [0.25, 0.3) is 5.91 Å². The van der Waals surface area contributed by atoms with Gasteiger partial charge in [0.05, 0.1) is 23.7 Å². The van der Waals surface area contributed by atoms with Crippen molar-refractivity contribution in [2.75, 3.05) is 51.3 Å². The Kier molecular flexibility index (Phi) is 7.93. The Labute approximate surface area is 226 Å². The number of anilines is 1. The fraction of sp³-hybridized carbons (Fsp3) is 0.290. The summed E-state index contributed by atoms with van der Waals surface area (Å²) in [6.07, 6.45) is 0.776. The summed E-state index contributed by atoms with van der Waals surface area (Å²) in [6.45, 7) is 6.28. The Morgan fingerprint density at radius 2 is 1.79 bits per heavy atom. The minimum Gasteiger partial charge on any atom is -0.495 e. The number of para-hydroxylation sites is 1. The number of carbonyl (C=O) groups is 1. The summed E-state index contributed by atoms with van der Waals surface area (Å²) in [7, 11) is 1.59. The minimum absolute atomic E-state index is 0.139. The van der Waals surface area contributed by atoms with Gasteiger partial charge in [-0.2, -0.15) is 0 Å². The van der Waals surface area contributed by atoms with E-state index in [9.17, 15) is 14.0 Å². The van der Waals surface area contributed by atoms with E-state index in [1.54, 1.807) is 38.3 Å². The van der Waals surface area contributed by atoms with Gasteiger partial charge >= 0.3 is 0 Å². The maximum atomic E-state index is 13.8. The normalized spacial score (nSPS) is 14.0. The molecule has 1 fully saturated rings. The lowest BCUT2D eigenvalue weighted by Crippen LogP contribution is -2.47. The molecule has 3 aromatic carbocycles. The van der Waals surface area contributed by atoms with Crippen molar-refractivity contribution in [1.82, 2.24) is 10.2 Å². The lowest BCUT2D eigenvalue weighted by atomic mass is 10.0. The Balaban J connectivity index is 1.19. The van der Waals surface area contributed by atoms with Gasteiger partial charge in [-0.1, -0.05) is 36.4 Å². The molecule has 0 aliphatic carbocycles. The van der Waals surface area contributed by atoms with Crippen molar-refractivity contribution >= 4 is 22.6 Å². The first-order valence-corrected chi connectivity index (χ1v) is 13.2. The molecule has 4 aromatic rings. The number of benzene rings is 3. The smallest absolute Gasteiger partial charge is 0.255 e. The van der Waals surface area contributed by atoms with Crippen LogP contribution in [0.15, 0.2) is 75.9 Å². The lowest BCUT2D eigenvalue weighted by molar-refractivity contribution is 0.0952. The monoisotopic (exact) mass is 529 g/mol. The van der Waals surface area contributed by atoms with Crippen molar-refractivity contribution in [3.63, 3.8) is 0 Å². The lowest BCUT2D eigenvalue weighted by Gasteiger charge is -2.36. The van der Waals surface area contributed by atoms with Crippen LogP contribution in [0.25, 0.3) is 22.3 Å². The zero-order chi connectivity index (χ0) is 27.4. The summed E-state index contributed by atoms with van der Waals surface area (Å²) in [5.74, 6) is 0.599. The predicted octanol–water partition coefficient (Wildman–Crippen LogP) is 4.86. The van der Waals surface area contributed by atoms with Gasteiger partial charge in [0.2, 0.25) is 0 Å². The molecular weight excluding hydrogens is 497 g/mol. The molecule has 1 saturated heterocycles. The molecule has 1 aliphatic rings. The summed E-state index contributed by atoms with van der Waals surface area (Å²) in [4.78, 5) is 30.7. The van der Waals surface area contributed by atoms with Crippen molar-refractivity contribution in [1.29, 1.82) is 0 Å². The SMILES string of the molecule is COc1ccc(F)cc1N1CCN(CCCNC(=O)c2cccc3c(=O)c(C)c(-c4ccccc4)oc23)CC1. The second-order valence-corrected chi connectivity index (χ2v) is 9.69. The third kappa shape index (κ3) is 5.66. The first-order chi connectivity index (χ1) is 19.0. The fourth-order valence-electron chi connectivity index (χ4n) is 5.08. The molecule has 1 N–H and O–H groups in total. The number of ether oxygens (including phenoxy) is 1. The van der Waals surface area contributed by atoms with Crippen LogP contribution in [0.4, 0.5) is 10.1 Å². The number of amides is 1. The number of nitrogens with one attached hydrogen (secondary N) is 1. The highest BCUT2D eigenvalue weighted by Crippen LogP contribution is 2.30. The van der Waals surface area contributed by atoms with Crippen LogP contribution < -0.4 is 20.4 Å². The van der Waals surface area contributed by atoms with Crippen LogP contribution >= 0.6 is 0 Å². The Morgan fingerprint density at radius 3 is 2.54 bits per heavy atom. The topological polar surface area (TPSA) is 75.0 Å². The van der Waals surface area contributed by atoms with Gasteiger partial charge in [0.15, 0.2) is 11.0 Å². The average Bonchev–Trinajstić information content (AvgIpc) is 2.97. The summed E-state index contributed by atoms with van der Waals surface area (Å²) < 4.78 is 25.4. The molecule has 8 heteroatoms. The van der Waals surface area contributed by atoms with E-state index in [2.05, 4.69) is 15.1 Å². The van der Waals surface area contributed by atoms with E-state index in [-0.39, 0.29) is 17.2 Å². The summed E-state index contributed by atoms with van der Waals surface area (Å²) in [5.41, 5.74) is 2.59. The van der Waals surface area contributed by atoms with Crippen molar-refractivity contribution in [3.05, 3.63) is 93.9 Å². The van der Waals surface area contributed by atoms with Gasteiger partial charge in [-0.25, -0.2) is 4.39 Å². The zero-order valence-electron chi connectivity index (χ0n) is 22.2. The summed E-state index contributed by atoms with van der Waals surface area (Å²) in [5, 5.41) is 3.38. The Hall–Kier alpha value is -4.17. The van der Waals surface area contributed by atoms with Gasteiger partial charge in [0.1, 0.15) is 17.3 Å². The molecule has 202 valence electrons. The number of halogens is 1. The number of hydrogen-bond acceptors (Lipinski definition) is 6. The molecule has 5 rings (SSSR count). The summed E-state index contributed by atoms with van der Waals surface area (Å²) in [6, 6.07) is 19.1. The van der Waals surface area contributed by atoms with E-state index >= 15 is 0 Å². The second-order valence-electron chi connectivity index (χ2n) is 9.69. The molecule has 39 heavy (non-hydrogen) atoms. The molecule has 0 bridgehead atoms. The second kappa shape index (κ2) is 11.7. The maximum absolute atomic E-state index is 13.8. The van der Waals surface area contributed by atoms with Crippen molar-refractivity contribution in [2.45, 2.75) is 13.3 Å². The highest BCUT2D eigenvalue weighted by molar-refractivity contribution is 6.05. The van der Waals surface area contributed by atoms with Crippen molar-refractivity contribution < 1.29 is 18.3 Å². The van der Waals surface area contributed by atoms with Crippen LogP contribution in [-0.2, 0) is 0 Å². The molecule has 2 heterocycles. The number of hydrogen-bond donors (Lipinski definition) is 1. The number of piperazine rings is 1. The molecule has 0 radical (unpaired) electrons. The molecule has 0 unspecified atom stereocenters. The molecule has 7 nitrogen and oxygen atoms in total. The number of fused-ring (bicyclic) bond motifs is 1. The third-order valence-corrected chi connectivity index (χ3v) is 7.22. The van der Waals surface area contributed by atoms with E-state index < -0.39 is 0 Å². The number of methoxy groups -OCH3 is 1. The zero-order valence-corrected chi connectivity index (χ0v) is 22.2. The molecule has 0 atom stereocenters. The van der Waals surface area contributed by atoms with Gasteiger partial charge in [-0.15, -0.1) is 0 Å². The highest BCUT2D eigenvalue weighted by Gasteiger charge is 2.21. The van der Waals surface area contributed by atoms with Crippen LogP contribution in [0.5, 0.6) is 5.75 Å². The number of nitrogens with zero attached hydrogens (tertiary/aromatic N) is 2. The molecular formula is C31H32FN3O4. The van der Waals surface area contributed by atoms with Gasteiger partial charge in [0, 0.05) is 49.9 Å². The van der Waals surface area contributed by atoms with Crippen LogP contribution in [0.3, 0.4) is 0 Å². The van der Waals surface area contributed by atoms with Crippen LogP contribution in [-0.4, -0.2) is 57.2 Å². The van der Waals surface area contributed by atoms with E-state index in [1.807, 2.05) is 30.3 Å². The van der Waals surface area contributed by atoms with Crippen LogP contribution in [0, 0.1) is 12.7 Å². The predicted molar refractivity (Wildman–Crippen MR) is 151 cm³/mol. The third-order valence-electron chi connectivity index (χ3n) is 7.22. The van der Waals surface area contributed by atoms with E-state index in [0.29, 0.717) is 40.2 Å². The van der Waals surface area contributed by atoms with Crippen molar-refractivity contribution in [2.24, 2.45) is 0 Å². The van der Waals surface area contributed by atoms with E-state index in [4.69, 9.17) is 9.15 Å². The van der Waals surface area contributed by atoms with Crippen LogP contribution in [0.1, 0.15) is 22.3 Å². The Bertz CT molecular complexity index is 1530. The largest absolute Gasteiger partial charge is 0.495 e. The van der Waals surface area contributed by atoms with Gasteiger partial charge in [-0.3, -0.25) is 14.5 Å². The molecule has 0 saturated carbocycles. The first kappa shape index (κ1) is 26.4. The number of rotatable bonds is 8. The average molecular weight is 530 g/mol. The number of carbonyl (C=O) groups excluding carboxylic acids is 1. The van der Waals surface area contributed by atoms with Gasteiger partial charge in [-0.05, 0) is 44.2 Å².